The Morgan fingerprint density at radius 1 is 1.00 bits per heavy atom. The molecule has 0 aromatic carbocycles. The topological polar surface area (TPSA) is 59.6 Å². The summed E-state index contributed by atoms with van der Waals surface area (Å²) in [6, 6.07) is 0.181. The van der Waals surface area contributed by atoms with Crippen LogP contribution in [0.5, 0.6) is 0 Å². The van der Waals surface area contributed by atoms with E-state index in [4.69, 9.17) is 9.47 Å². The van der Waals surface area contributed by atoms with Gasteiger partial charge in [-0.15, -0.1) is 0 Å². The third-order valence-electron chi connectivity index (χ3n) is 6.19. The lowest BCUT2D eigenvalue weighted by Gasteiger charge is -2.31. The van der Waals surface area contributed by atoms with E-state index in [1.165, 1.54) is 32.1 Å². The SMILES string of the molecule is CC1(C)O[C@H]2CC(NC(=O)NC3(C4CCCCC4)CC3)C[C@H]2O1. The van der Waals surface area contributed by atoms with Crippen LogP contribution in [0.1, 0.15) is 71.6 Å². The zero-order valence-electron chi connectivity index (χ0n) is 14.4. The molecule has 0 bridgehead atoms. The zero-order chi connectivity index (χ0) is 16.1. The summed E-state index contributed by atoms with van der Waals surface area (Å²) in [6.45, 7) is 3.92. The minimum Gasteiger partial charge on any atom is -0.345 e. The number of rotatable bonds is 3. The number of fused-ring (bicyclic) bond motifs is 1. The van der Waals surface area contributed by atoms with Gasteiger partial charge in [-0.2, -0.15) is 0 Å². The molecule has 0 aromatic heterocycles. The van der Waals surface area contributed by atoms with Gasteiger partial charge in [0, 0.05) is 11.6 Å². The van der Waals surface area contributed by atoms with Gasteiger partial charge in [0.1, 0.15) is 0 Å². The number of carbonyl (C=O) groups is 1. The number of hydrogen-bond acceptors (Lipinski definition) is 3. The van der Waals surface area contributed by atoms with Crippen LogP contribution in [0.4, 0.5) is 4.79 Å². The number of carbonyl (C=O) groups excluding carboxylic acids is 1. The second kappa shape index (κ2) is 5.62. The van der Waals surface area contributed by atoms with Crippen molar-refractivity contribution >= 4 is 6.03 Å². The Bertz CT molecular complexity index is 453. The third kappa shape index (κ3) is 3.22. The van der Waals surface area contributed by atoms with Gasteiger partial charge >= 0.3 is 6.03 Å². The minimum absolute atomic E-state index is 0.0114. The predicted octanol–water partition coefficient (Wildman–Crippen LogP) is 3.08. The summed E-state index contributed by atoms with van der Waals surface area (Å²) in [7, 11) is 0. The predicted molar refractivity (Wildman–Crippen MR) is 87.1 cm³/mol. The van der Waals surface area contributed by atoms with Gasteiger partial charge in [-0.1, -0.05) is 19.3 Å². The van der Waals surface area contributed by atoms with Crippen molar-refractivity contribution in [3.05, 3.63) is 0 Å². The van der Waals surface area contributed by atoms with Gasteiger partial charge in [-0.25, -0.2) is 4.79 Å². The molecule has 23 heavy (non-hydrogen) atoms. The number of ether oxygens (including phenoxy) is 2. The summed E-state index contributed by atoms with van der Waals surface area (Å²) >= 11 is 0. The summed E-state index contributed by atoms with van der Waals surface area (Å²) in [5, 5.41) is 6.47. The van der Waals surface area contributed by atoms with E-state index in [-0.39, 0.29) is 29.8 Å². The summed E-state index contributed by atoms with van der Waals surface area (Å²) in [5.41, 5.74) is 0.105. The van der Waals surface area contributed by atoms with Crippen LogP contribution in [-0.2, 0) is 9.47 Å². The molecule has 0 aromatic rings. The van der Waals surface area contributed by atoms with Crippen LogP contribution in [0, 0.1) is 5.92 Å². The van der Waals surface area contributed by atoms with Crippen molar-refractivity contribution in [3.63, 3.8) is 0 Å². The Labute approximate surface area is 138 Å². The van der Waals surface area contributed by atoms with Crippen molar-refractivity contribution in [1.82, 2.24) is 10.6 Å². The van der Waals surface area contributed by atoms with E-state index in [0.717, 1.165) is 25.7 Å². The fraction of sp³-hybridized carbons (Fsp3) is 0.944. The average molecular weight is 322 g/mol. The van der Waals surface area contributed by atoms with Crippen LogP contribution >= 0.6 is 0 Å². The van der Waals surface area contributed by atoms with Gasteiger partial charge < -0.3 is 20.1 Å². The Balaban J connectivity index is 1.27. The largest absolute Gasteiger partial charge is 0.345 e. The first-order chi connectivity index (χ1) is 11.0. The molecule has 4 aliphatic rings. The molecule has 2 N–H and O–H groups in total. The highest BCUT2D eigenvalue weighted by atomic mass is 16.8. The molecule has 130 valence electrons. The Morgan fingerprint density at radius 2 is 1.61 bits per heavy atom. The second-order valence-corrected chi connectivity index (χ2v) is 8.47. The molecule has 5 heteroatoms. The molecule has 3 aliphatic carbocycles. The molecule has 4 fully saturated rings. The lowest BCUT2D eigenvalue weighted by molar-refractivity contribution is -0.152. The fourth-order valence-electron chi connectivity index (χ4n) is 4.96. The van der Waals surface area contributed by atoms with Gasteiger partial charge in [0.15, 0.2) is 5.79 Å². The Morgan fingerprint density at radius 3 is 2.17 bits per heavy atom. The van der Waals surface area contributed by atoms with Crippen molar-refractivity contribution in [2.24, 2.45) is 5.92 Å². The first kappa shape index (κ1) is 15.7. The summed E-state index contributed by atoms with van der Waals surface area (Å²) in [5.74, 6) is 0.221. The molecule has 5 nitrogen and oxygen atoms in total. The third-order valence-corrected chi connectivity index (χ3v) is 6.19. The lowest BCUT2D eigenvalue weighted by Crippen LogP contribution is -2.50. The van der Waals surface area contributed by atoms with Crippen LogP contribution in [-0.4, -0.2) is 35.6 Å². The van der Waals surface area contributed by atoms with Crippen LogP contribution in [0.15, 0.2) is 0 Å². The average Bonchev–Trinajstić information content (AvgIpc) is 3.09. The summed E-state index contributed by atoms with van der Waals surface area (Å²) < 4.78 is 11.8. The fourth-order valence-corrected chi connectivity index (χ4v) is 4.96. The molecule has 2 amide bonds. The smallest absolute Gasteiger partial charge is 0.315 e. The highest BCUT2D eigenvalue weighted by Crippen LogP contribution is 2.48. The number of urea groups is 1. The lowest BCUT2D eigenvalue weighted by atomic mass is 9.82. The van der Waals surface area contributed by atoms with Crippen LogP contribution in [0.25, 0.3) is 0 Å². The standard InChI is InChI=1S/C18H30N2O3/c1-17(2)22-14-10-13(11-15(14)23-17)19-16(21)20-18(8-9-18)12-6-4-3-5-7-12/h12-15H,3-11H2,1-2H3,(H2,19,20,21)/t13?,14-,15+. The first-order valence-corrected chi connectivity index (χ1v) is 9.40. The molecular formula is C18H30N2O3. The Hall–Kier alpha value is -0.810. The van der Waals surface area contributed by atoms with Gasteiger partial charge in [0.2, 0.25) is 0 Å². The maximum absolute atomic E-state index is 12.4. The monoisotopic (exact) mass is 322 g/mol. The van der Waals surface area contributed by atoms with Crippen LogP contribution < -0.4 is 10.6 Å². The van der Waals surface area contributed by atoms with Gasteiger partial charge in [0.25, 0.3) is 0 Å². The zero-order valence-corrected chi connectivity index (χ0v) is 14.4. The summed E-state index contributed by atoms with van der Waals surface area (Å²) in [4.78, 5) is 12.4. The summed E-state index contributed by atoms with van der Waals surface area (Å²) in [6.07, 6.45) is 10.9. The second-order valence-electron chi connectivity index (χ2n) is 8.47. The molecule has 3 saturated carbocycles. The first-order valence-electron chi connectivity index (χ1n) is 9.40. The highest BCUT2D eigenvalue weighted by molar-refractivity contribution is 5.75. The van der Waals surface area contributed by atoms with Gasteiger partial charge in [-0.05, 0) is 58.3 Å². The molecule has 1 aliphatic heterocycles. The molecular weight excluding hydrogens is 292 g/mol. The number of hydrogen-bond donors (Lipinski definition) is 2. The number of amides is 2. The van der Waals surface area contributed by atoms with E-state index in [1.54, 1.807) is 0 Å². The quantitative estimate of drug-likeness (QED) is 0.839. The van der Waals surface area contributed by atoms with E-state index in [2.05, 4.69) is 10.6 Å². The van der Waals surface area contributed by atoms with E-state index >= 15 is 0 Å². The molecule has 0 radical (unpaired) electrons. The van der Waals surface area contributed by atoms with Gasteiger partial charge in [-0.3, -0.25) is 0 Å². The maximum Gasteiger partial charge on any atom is 0.315 e. The minimum atomic E-state index is -0.471. The Kier molecular flexibility index (Phi) is 3.84. The van der Waals surface area contributed by atoms with Crippen molar-refractivity contribution in [3.8, 4) is 0 Å². The van der Waals surface area contributed by atoms with Crippen molar-refractivity contribution in [2.75, 3.05) is 0 Å². The highest BCUT2D eigenvalue weighted by Gasteiger charge is 2.51. The van der Waals surface area contributed by atoms with Crippen LogP contribution in [0.2, 0.25) is 0 Å². The normalized spacial score (nSPS) is 38.1. The molecule has 1 saturated heterocycles. The van der Waals surface area contributed by atoms with E-state index in [9.17, 15) is 4.79 Å². The van der Waals surface area contributed by atoms with E-state index in [0.29, 0.717) is 5.92 Å². The van der Waals surface area contributed by atoms with Crippen LogP contribution in [0.3, 0.4) is 0 Å². The molecule has 0 spiro atoms. The molecule has 1 heterocycles. The molecule has 4 rings (SSSR count). The maximum atomic E-state index is 12.4. The molecule has 3 atom stereocenters. The van der Waals surface area contributed by atoms with Gasteiger partial charge in [0.05, 0.1) is 12.2 Å². The van der Waals surface area contributed by atoms with E-state index in [1.807, 2.05) is 13.8 Å². The number of nitrogens with one attached hydrogen (secondary N) is 2. The van der Waals surface area contributed by atoms with Crippen molar-refractivity contribution < 1.29 is 14.3 Å². The van der Waals surface area contributed by atoms with E-state index < -0.39 is 5.79 Å². The van der Waals surface area contributed by atoms with Crippen molar-refractivity contribution in [2.45, 2.75) is 101 Å². The molecule has 1 unspecified atom stereocenters. The van der Waals surface area contributed by atoms with Crippen molar-refractivity contribution in [1.29, 1.82) is 0 Å².